The van der Waals surface area contributed by atoms with Crippen molar-refractivity contribution in [3.63, 3.8) is 0 Å². The van der Waals surface area contributed by atoms with Crippen molar-refractivity contribution in [3.8, 4) is 5.75 Å². The van der Waals surface area contributed by atoms with E-state index < -0.39 is 5.41 Å². The van der Waals surface area contributed by atoms with Gasteiger partial charge in [0, 0.05) is 11.5 Å². The lowest BCUT2D eigenvalue weighted by Gasteiger charge is -2.37. The Bertz CT molecular complexity index is 759. The number of carbonyl (C=O) groups is 1. The number of aryl methyl sites for hydroxylation is 2. The van der Waals surface area contributed by atoms with Crippen LogP contribution in [-0.2, 0) is 4.79 Å². The highest BCUT2D eigenvalue weighted by Gasteiger charge is 2.31. The van der Waals surface area contributed by atoms with Gasteiger partial charge in [-0.1, -0.05) is 46.8 Å². The van der Waals surface area contributed by atoms with E-state index in [-0.39, 0.29) is 5.91 Å². The molecule has 0 saturated heterocycles. The van der Waals surface area contributed by atoms with Gasteiger partial charge >= 0.3 is 0 Å². The number of nitrogens with one attached hydrogen (secondary N) is 2. The molecule has 0 bridgehead atoms. The van der Waals surface area contributed by atoms with Crippen LogP contribution in [0, 0.1) is 30.6 Å². The fourth-order valence-corrected chi connectivity index (χ4v) is 4.53. The summed E-state index contributed by atoms with van der Waals surface area (Å²) in [6, 6.07) is 6.58. The van der Waals surface area contributed by atoms with E-state index in [1.165, 1.54) is 18.4 Å². The summed E-state index contributed by atoms with van der Waals surface area (Å²) in [6.45, 7) is 15.6. The van der Waals surface area contributed by atoms with Gasteiger partial charge in [-0.2, -0.15) is 0 Å². The zero-order valence-corrected chi connectivity index (χ0v) is 21.4. The fraction of sp³-hybridized carbons (Fsp3) is 0.692. The molecule has 1 aromatic rings. The van der Waals surface area contributed by atoms with E-state index in [9.17, 15) is 4.79 Å². The van der Waals surface area contributed by atoms with Gasteiger partial charge in [0.15, 0.2) is 5.11 Å². The molecular formula is C26H42N2O2S. The van der Waals surface area contributed by atoms with Crippen LogP contribution in [0.15, 0.2) is 18.2 Å². The standard InChI is InChI=1S/C26H42N2O2S/c1-18-9-10-19(2)22(17-18)30-16-8-15-26(6,7)23(29)28-24(31)27-21-13-11-20(12-14-21)25(3,4)5/h9-10,17,20-21H,8,11-16H2,1-7H3,(H2,27,28,29,31). The predicted molar refractivity (Wildman–Crippen MR) is 134 cm³/mol. The molecule has 0 atom stereocenters. The van der Waals surface area contributed by atoms with Crippen LogP contribution < -0.4 is 15.4 Å². The van der Waals surface area contributed by atoms with E-state index in [1.807, 2.05) is 13.8 Å². The molecule has 1 aliphatic carbocycles. The first-order valence-corrected chi connectivity index (χ1v) is 12.1. The molecule has 2 rings (SSSR count). The van der Waals surface area contributed by atoms with E-state index in [1.54, 1.807) is 0 Å². The molecule has 4 nitrogen and oxygen atoms in total. The number of ether oxygens (including phenoxy) is 1. The Hall–Kier alpha value is -1.62. The van der Waals surface area contributed by atoms with Crippen molar-refractivity contribution < 1.29 is 9.53 Å². The molecule has 0 radical (unpaired) electrons. The van der Waals surface area contributed by atoms with Gasteiger partial charge in [0.25, 0.3) is 0 Å². The first kappa shape index (κ1) is 25.6. The molecule has 1 saturated carbocycles. The van der Waals surface area contributed by atoms with Crippen molar-refractivity contribution in [3.05, 3.63) is 29.3 Å². The Labute approximate surface area is 194 Å². The Morgan fingerprint density at radius 2 is 1.74 bits per heavy atom. The number of hydrogen-bond donors (Lipinski definition) is 2. The van der Waals surface area contributed by atoms with Crippen molar-refractivity contribution in [1.29, 1.82) is 0 Å². The Balaban J connectivity index is 1.72. The monoisotopic (exact) mass is 446 g/mol. The number of carbonyl (C=O) groups excluding carboxylic acids is 1. The van der Waals surface area contributed by atoms with Crippen molar-refractivity contribution in [2.24, 2.45) is 16.7 Å². The smallest absolute Gasteiger partial charge is 0.231 e. The van der Waals surface area contributed by atoms with E-state index >= 15 is 0 Å². The molecule has 174 valence electrons. The molecule has 0 heterocycles. The van der Waals surface area contributed by atoms with Crippen LogP contribution in [0.1, 0.15) is 84.3 Å². The average molecular weight is 447 g/mol. The molecule has 2 N–H and O–H groups in total. The SMILES string of the molecule is Cc1ccc(C)c(OCCCC(C)(C)C(=O)NC(=S)NC2CCC(C(C)(C)C)CC2)c1. The second-order valence-electron chi connectivity index (χ2n) is 10.9. The zero-order valence-electron chi connectivity index (χ0n) is 20.6. The minimum atomic E-state index is -0.499. The normalized spacial score (nSPS) is 19.6. The average Bonchev–Trinajstić information content (AvgIpc) is 2.67. The Morgan fingerprint density at radius 1 is 1.10 bits per heavy atom. The maximum atomic E-state index is 12.8. The maximum Gasteiger partial charge on any atom is 0.231 e. The van der Waals surface area contributed by atoms with Crippen LogP contribution in [0.5, 0.6) is 5.75 Å². The van der Waals surface area contributed by atoms with Crippen LogP contribution in [0.2, 0.25) is 0 Å². The van der Waals surface area contributed by atoms with Gasteiger partial charge < -0.3 is 15.4 Å². The van der Waals surface area contributed by atoms with Crippen LogP contribution in [0.4, 0.5) is 0 Å². The predicted octanol–water partition coefficient (Wildman–Crippen LogP) is 6.08. The molecule has 0 unspecified atom stereocenters. The summed E-state index contributed by atoms with van der Waals surface area (Å²) in [7, 11) is 0. The van der Waals surface area contributed by atoms with E-state index in [0.717, 1.165) is 42.9 Å². The van der Waals surface area contributed by atoms with Crippen LogP contribution in [0.25, 0.3) is 0 Å². The quantitative estimate of drug-likeness (QED) is 0.393. The summed E-state index contributed by atoms with van der Waals surface area (Å²) in [4.78, 5) is 12.8. The lowest BCUT2D eigenvalue weighted by atomic mass is 9.71. The number of amides is 1. The molecule has 0 spiro atoms. The first-order chi connectivity index (χ1) is 14.4. The summed E-state index contributed by atoms with van der Waals surface area (Å²) in [5.74, 6) is 1.66. The zero-order chi connectivity index (χ0) is 23.2. The van der Waals surface area contributed by atoms with Gasteiger partial charge in [-0.05, 0) is 93.1 Å². The lowest BCUT2D eigenvalue weighted by molar-refractivity contribution is -0.128. The van der Waals surface area contributed by atoms with E-state index in [4.69, 9.17) is 17.0 Å². The molecule has 1 fully saturated rings. The molecule has 31 heavy (non-hydrogen) atoms. The highest BCUT2D eigenvalue weighted by atomic mass is 32.1. The highest BCUT2D eigenvalue weighted by molar-refractivity contribution is 7.80. The van der Waals surface area contributed by atoms with Gasteiger partial charge in [-0.3, -0.25) is 4.79 Å². The Kier molecular flexibility index (Phi) is 8.93. The minimum Gasteiger partial charge on any atom is -0.493 e. The summed E-state index contributed by atoms with van der Waals surface area (Å²) in [6.07, 6.45) is 6.19. The van der Waals surface area contributed by atoms with Gasteiger partial charge in [0.05, 0.1) is 6.61 Å². The van der Waals surface area contributed by atoms with E-state index in [2.05, 4.69) is 63.5 Å². The van der Waals surface area contributed by atoms with Crippen molar-refractivity contribution >= 4 is 23.2 Å². The van der Waals surface area contributed by atoms with Crippen molar-refractivity contribution in [2.45, 2.75) is 93.0 Å². The molecule has 0 aliphatic heterocycles. The molecule has 1 aromatic carbocycles. The topological polar surface area (TPSA) is 50.4 Å². The highest BCUT2D eigenvalue weighted by Crippen LogP contribution is 2.37. The fourth-order valence-electron chi connectivity index (χ4n) is 4.27. The molecule has 1 amide bonds. The summed E-state index contributed by atoms with van der Waals surface area (Å²) < 4.78 is 5.94. The second kappa shape index (κ2) is 10.8. The molecule has 1 aliphatic rings. The molecule has 0 aromatic heterocycles. The molecule has 5 heteroatoms. The summed E-state index contributed by atoms with van der Waals surface area (Å²) in [5, 5.41) is 6.76. The van der Waals surface area contributed by atoms with Gasteiger partial charge in [0.1, 0.15) is 5.75 Å². The third-order valence-corrected chi connectivity index (χ3v) is 6.90. The van der Waals surface area contributed by atoms with E-state index in [0.29, 0.717) is 23.2 Å². The largest absolute Gasteiger partial charge is 0.493 e. The summed E-state index contributed by atoms with van der Waals surface area (Å²) in [5.41, 5.74) is 2.19. The van der Waals surface area contributed by atoms with Crippen molar-refractivity contribution in [2.75, 3.05) is 6.61 Å². The van der Waals surface area contributed by atoms with Gasteiger partial charge in [-0.15, -0.1) is 0 Å². The first-order valence-electron chi connectivity index (χ1n) is 11.7. The lowest BCUT2D eigenvalue weighted by Crippen LogP contribution is -2.49. The summed E-state index contributed by atoms with van der Waals surface area (Å²) >= 11 is 5.44. The number of hydrogen-bond acceptors (Lipinski definition) is 3. The van der Waals surface area contributed by atoms with Crippen LogP contribution in [0.3, 0.4) is 0 Å². The maximum absolute atomic E-state index is 12.8. The molecular weight excluding hydrogens is 404 g/mol. The number of benzene rings is 1. The third kappa shape index (κ3) is 8.10. The van der Waals surface area contributed by atoms with Gasteiger partial charge in [-0.25, -0.2) is 0 Å². The van der Waals surface area contributed by atoms with Gasteiger partial charge in [0.2, 0.25) is 5.91 Å². The number of rotatable bonds is 7. The second-order valence-corrected chi connectivity index (χ2v) is 11.4. The Morgan fingerprint density at radius 3 is 2.35 bits per heavy atom. The van der Waals surface area contributed by atoms with Crippen LogP contribution in [-0.4, -0.2) is 23.7 Å². The van der Waals surface area contributed by atoms with Crippen molar-refractivity contribution in [1.82, 2.24) is 10.6 Å². The number of thiocarbonyl (C=S) groups is 1. The minimum absolute atomic E-state index is 0.0277. The van der Waals surface area contributed by atoms with Crippen LogP contribution >= 0.6 is 12.2 Å². The third-order valence-electron chi connectivity index (χ3n) is 6.68.